The molecule has 7 heteroatoms. The van der Waals surface area contributed by atoms with Crippen LogP contribution in [0.1, 0.15) is 32.4 Å². The minimum Gasteiger partial charge on any atom is -0.364 e. The van der Waals surface area contributed by atoms with Crippen molar-refractivity contribution in [2.45, 2.75) is 33.6 Å². The Morgan fingerprint density at radius 1 is 1.32 bits per heavy atom. The van der Waals surface area contributed by atoms with Crippen molar-refractivity contribution in [3.05, 3.63) is 15.8 Å². The zero-order valence-electron chi connectivity index (χ0n) is 11.9. The maximum absolute atomic E-state index is 11.1. The molecule has 0 aromatic carbocycles. The minimum absolute atomic E-state index is 0.0510. The topological polar surface area (TPSA) is 93.0 Å². The van der Waals surface area contributed by atoms with Gasteiger partial charge in [0.15, 0.2) is 0 Å². The molecule has 0 atom stereocenters. The summed E-state index contributed by atoms with van der Waals surface area (Å²) >= 11 is 0. The molecule has 1 aromatic heterocycles. The average molecular weight is 267 g/mol. The number of nitrogens with one attached hydrogen (secondary N) is 2. The SMILES string of the molecule is CCC(CC)CNc1nc(NC)nc(C)c1[N+](=O)[O-]. The Labute approximate surface area is 113 Å². The monoisotopic (exact) mass is 267 g/mol. The predicted molar refractivity (Wildman–Crippen MR) is 75.5 cm³/mol. The minimum atomic E-state index is -0.440. The largest absolute Gasteiger partial charge is 0.364 e. The van der Waals surface area contributed by atoms with E-state index in [0.717, 1.165) is 12.8 Å². The summed E-state index contributed by atoms with van der Waals surface area (Å²) in [6, 6.07) is 0. The summed E-state index contributed by atoms with van der Waals surface area (Å²) < 4.78 is 0. The van der Waals surface area contributed by atoms with E-state index >= 15 is 0 Å². The smallest absolute Gasteiger partial charge is 0.332 e. The third kappa shape index (κ3) is 3.77. The molecule has 0 spiro atoms. The maximum Gasteiger partial charge on any atom is 0.332 e. The van der Waals surface area contributed by atoms with Crippen LogP contribution in [0.4, 0.5) is 17.5 Å². The summed E-state index contributed by atoms with van der Waals surface area (Å²) in [5.74, 6) is 1.15. The van der Waals surface area contributed by atoms with Crippen LogP contribution in [0.2, 0.25) is 0 Å². The van der Waals surface area contributed by atoms with Crippen LogP contribution in [0.5, 0.6) is 0 Å². The molecule has 0 fully saturated rings. The Bertz CT molecular complexity index is 446. The van der Waals surface area contributed by atoms with Gasteiger partial charge < -0.3 is 10.6 Å². The normalized spacial score (nSPS) is 10.6. The van der Waals surface area contributed by atoms with E-state index in [1.165, 1.54) is 0 Å². The van der Waals surface area contributed by atoms with Crippen molar-refractivity contribution in [2.75, 3.05) is 24.2 Å². The Morgan fingerprint density at radius 2 is 1.95 bits per heavy atom. The van der Waals surface area contributed by atoms with Gasteiger partial charge in [-0.25, -0.2) is 4.98 Å². The van der Waals surface area contributed by atoms with Crippen molar-refractivity contribution < 1.29 is 4.92 Å². The highest BCUT2D eigenvalue weighted by Crippen LogP contribution is 2.26. The van der Waals surface area contributed by atoms with Gasteiger partial charge in [-0.2, -0.15) is 4.98 Å². The fourth-order valence-corrected chi connectivity index (χ4v) is 1.84. The molecule has 1 heterocycles. The molecule has 0 aliphatic carbocycles. The van der Waals surface area contributed by atoms with Crippen LogP contribution in [0, 0.1) is 23.0 Å². The van der Waals surface area contributed by atoms with Crippen molar-refractivity contribution in [1.29, 1.82) is 0 Å². The first kappa shape index (κ1) is 15.1. The van der Waals surface area contributed by atoms with Gasteiger partial charge in [0.2, 0.25) is 11.8 Å². The fourth-order valence-electron chi connectivity index (χ4n) is 1.84. The Kier molecular flexibility index (Phi) is 5.47. The van der Waals surface area contributed by atoms with E-state index in [0.29, 0.717) is 24.1 Å². The van der Waals surface area contributed by atoms with Gasteiger partial charge in [-0.05, 0) is 12.8 Å². The fraction of sp³-hybridized carbons (Fsp3) is 0.667. The first-order valence-electron chi connectivity index (χ1n) is 6.48. The molecular weight excluding hydrogens is 246 g/mol. The van der Waals surface area contributed by atoms with Crippen molar-refractivity contribution in [3.8, 4) is 0 Å². The molecule has 0 bridgehead atoms. The zero-order valence-corrected chi connectivity index (χ0v) is 11.9. The molecule has 0 radical (unpaired) electrons. The van der Waals surface area contributed by atoms with Crippen LogP contribution in [0.3, 0.4) is 0 Å². The lowest BCUT2D eigenvalue weighted by molar-refractivity contribution is -0.385. The summed E-state index contributed by atoms with van der Waals surface area (Å²) in [7, 11) is 1.69. The zero-order chi connectivity index (χ0) is 14.4. The highest BCUT2D eigenvalue weighted by molar-refractivity contribution is 5.60. The molecule has 106 valence electrons. The van der Waals surface area contributed by atoms with Crippen LogP contribution in [0.25, 0.3) is 0 Å². The van der Waals surface area contributed by atoms with E-state index < -0.39 is 4.92 Å². The number of anilines is 2. The molecular formula is C12H21N5O2. The molecule has 0 saturated heterocycles. The number of nitrogens with zero attached hydrogens (tertiary/aromatic N) is 3. The molecule has 0 unspecified atom stereocenters. The molecule has 0 aliphatic heterocycles. The van der Waals surface area contributed by atoms with Crippen LogP contribution >= 0.6 is 0 Å². The van der Waals surface area contributed by atoms with Gasteiger partial charge in [0, 0.05) is 13.6 Å². The number of aryl methyl sites for hydroxylation is 1. The van der Waals surface area contributed by atoms with Crippen LogP contribution in [-0.2, 0) is 0 Å². The second-order valence-corrected chi connectivity index (χ2v) is 4.40. The van der Waals surface area contributed by atoms with Crippen LogP contribution in [0.15, 0.2) is 0 Å². The van der Waals surface area contributed by atoms with Gasteiger partial charge in [-0.15, -0.1) is 0 Å². The maximum atomic E-state index is 11.1. The van der Waals surface area contributed by atoms with E-state index in [2.05, 4.69) is 34.4 Å². The lowest BCUT2D eigenvalue weighted by atomic mass is 10.0. The quantitative estimate of drug-likeness (QED) is 0.582. The lowest BCUT2D eigenvalue weighted by Gasteiger charge is -2.14. The third-order valence-corrected chi connectivity index (χ3v) is 3.18. The van der Waals surface area contributed by atoms with Crippen molar-refractivity contribution in [1.82, 2.24) is 9.97 Å². The Balaban J connectivity index is 3.02. The van der Waals surface area contributed by atoms with E-state index in [4.69, 9.17) is 0 Å². The summed E-state index contributed by atoms with van der Waals surface area (Å²) in [4.78, 5) is 18.8. The van der Waals surface area contributed by atoms with Gasteiger partial charge in [0.05, 0.1) is 4.92 Å². The summed E-state index contributed by atoms with van der Waals surface area (Å²) in [5, 5.41) is 17.0. The van der Waals surface area contributed by atoms with Gasteiger partial charge in [-0.1, -0.05) is 26.7 Å². The molecule has 1 rings (SSSR count). The predicted octanol–water partition coefficient (Wildman–Crippen LogP) is 2.58. The molecule has 0 saturated carbocycles. The summed E-state index contributed by atoms with van der Waals surface area (Å²) in [6.07, 6.45) is 2.06. The van der Waals surface area contributed by atoms with Gasteiger partial charge >= 0.3 is 5.69 Å². The van der Waals surface area contributed by atoms with Crippen molar-refractivity contribution in [2.24, 2.45) is 5.92 Å². The first-order chi connectivity index (χ1) is 9.03. The number of hydrogen-bond acceptors (Lipinski definition) is 6. The molecule has 1 aromatic rings. The van der Waals surface area contributed by atoms with E-state index in [9.17, 15) is 10.1 Å². The number of aromatic nitrogens is 2. The highest BCUT2D eigenvalue weighted by Gasteiger charge is 2.22. The van der Waals surface area contributed by atoms with E-state index in [-0.39, 0.29) is 11.5 Å². The number of nitro groups is 1. The standard InChI is InChI=1S/C12H21N5O2/c1-5-9(6-2)7-14-11-10(17(18)19)8(3)15-12(13-4)16-11/h9H,5-7H2,1-4H3,(H2,13,14,15,16). The van der Waals surface area contributed by atoms with Crippen molar-refractivity contribution in [3.63, 3.8) is 0 Å². The van der Waals surface area contributed by atoms with Crippen molar-refractivity contribution >= 4 is 17.5 Å². The Hall–Kier alpha value is -1.92. The molecule has 0 aliphatic rings. The molecule has 19 heavy (non-hydrogen) atoms. The van der Waals surface area contributed by atoms with E-state index in [1.54, 1.807) is 14.0 Å². The first-order valence-corrected chi connectivity index (χ1v) is 6.48. The average Bonchev–Trinajstić information content (AvgIpc) is 2.38. The molecule has 0 amide bonds. The highest BCUT2D eigenvalue weighted by atomic mass is 16.6. The lowest BCUT2D eigenvalue weighted by Crippen LogP contribution is -2.16. The molecule has 2 N–H and O–H groups in total. The van der Waals surface area contributed by atoms with Crippen LogP contribution in [-0.4, -0.2) is 28.5 Å². The number of rotatable bonds is 7. The number of hydrogen-bond donors (Lipinski definition) is 2. The van der Waals surface area contributed by atoms with E-state index in [1.807, 2.05) is 0 Å². The molecule has 7 nitrogen and oxygen atoms in total. The van der Waals surface area contributed by atoms with Crippen LogP contribution < -0.4 is 10.6 Å². The summed E-state index contributed by atoms with van der Waals surface area (Å²) in [6.45, 7) is 6.50. The van der Waals surface area contributed by atoms with Gasteiger partial charge in [0.25, 0.3) is 0 Å². The summed E-state index contributed by atoms with van der Waals surface area (Å²) in [5.41, 5.74) is 0.307. The van der Waals surface area contributed by atoms with Gasteiger partial charge in [0.1, 0.15) is 5.69 Å². The van der Waals surface area contributed by atoms with Gasteiger partial charge in [-0.3, -0.25) is 10.1 Å². The second kappa shape index (κ2) is 6.86. The second-order valence-electron chi connectivity index (χ2n) is 4.40. The Morgan fingerprint density at radius 3 is 2.42 bits per heavy atom. The third-order valence-electron chi connectivity index (χ3n) is 3.18.